The van der Waals surface area contributed by atoms with E-state index in [0.29, 0.717) is 30.9 Å². The molecule has 0 bridgehead atoms. The Bertz CT molecular complexity index is 1640. The lowest BCUT2D eigenvalue weighted by Crippen LogP contribution is -2.42. The molecule has 1 aliphatic carbocycles. The number of benzene rings is 3. The van der Waals surface area contributed by atoms with Gasteiger partial charge in [0.1, 0.15) is 11.6 Å². The molecule has 1 aliphatic rings. The number of carboxylic acids is 1. The number of aromatic carboxylic acids is 1. The molecular formula is C28H24F4N2O7S. The molecule has 9 nitrogen and oxygen atoms in total. The predicted molar refractivity (Wildman–Crippen MR) is 142 cm³/mol. The molecule has 14 heteroatoms. The van der Waals surface area contributed by atoms with E-state index in [2.05, 4.69) is 10.6 Å². The van der Waals surface area contributed by atoms with Crippen LogP contribution in [0.2, 0.25) is 0 Å². The van der Waals surface area contributed by atoms with Crippen LogP contribution < -0.4 is 15.4 Å². The van der Waals surface area contributed by atoms with Gasteiger partial charge in [0.2, 0.25) is 5.91 Å². The third-order valence-electron chi connectivity index (χ3n) is 6.86. The molecule has 3 N–H and O–H groups in total. The van der Waals surface area contributed by atoms with E-state index in [1.54, 1.807) is 0 Å². The van der Waals surface area contributed by atoms with Crippen molar-refractivity contribution in [2.75, 3.05) is 12.4 Å². The summed E-state index contributed by atoms with van der Waals surface area (Å²) in [5.74, 6) is -4.09. The number of carbonyl (C=O) groups excluding carboxylic acids is 2. The van der Waals surface area contributed by atoms with Gasteiger partial charge < -0.3 is 20.5 Å². The van der Waals surface area contributed by atoms with Crippen molar-refractivity contribution in [3.63, 3.8) is 0 Å². The number of hydrogen-bond acceptors (Lipinski definition) is 6. The lowest BCUT2D eigenvalue weighted by molar-refractivity contribution is -0.120. The Morgan fingerprint density at radius 2 is 1.69 bits per heavy atom. The summed E-state index contributed by atoms with van der Waals surface area (Å²) in [6.07, 6.45) is 1.26. The van der Waals surface area contributed by atoms with Gasteiger partial charge in [-0.15, -0.1) is 0 Å². The molecule has 0 aromatic heterocycles. The number of halogens is 4. The first-order chi connectivity index (χ1) is 19.7. The van der Waals surface area contributed by atoms with Gasteiger partial charge in [-0.25, -0.2) is 17.6 Å². The van der Waals surface area contributed by atoms with Gasteiger partial charge in [0.05, 0.1) is 29.1 Å². The van der Waals surface area contributed by atoms with Crippen molar-refractivity contribution in [1.29, 1.82) is 0 Å². The van der Waals surface area contributed by atoms with Gasteiger partial charge in [-0.1, -0.05) is 24.6 Å². The second kappa shape index (κ2) is 11.8. The Kier molecular flexibility index (Phi) is 8.57. The van der Waals surface area contributed by atoms with Crippen molar-refractivity contribution in [3.8, 4) is 16.9 Å². The fourth-order valence-corrected chi connectivity index (χ4v) is 5.52. The van der Waals surface area contributed by atoms with Gasteiger partial charge in [-0.3, -0.25) is 9.59 Å². The first kappa shape index (κ1) is 30.5. The number of alkyl halides is 3. The van der Waals surface area contributed by atoms with Crippen molar-refractivity contribution in [3.05, 3.63) is 77.6 Å². The molecule has 0 saturated heterocycles. The summed E-state index contributed by atoms with van der Waals surface area (Å²) in [5.41, 5.74) is -5.42. The van der Waals surface area contributed by atoms with Crippen LogP contribution in [0.15, 0.2) is 65.6 Å². The number of ether oxygens (including phenoxy) is 1. The monoisotopic (exact) mass is 608 g/mol. The molecule has 1 fully saturated rings. The smallest absolute Gasteiger partial charge is 0.496 e. The summed E-state index contributed by atoms with van der Waals surface area (Å²) in [6.45, 7) is 0. The Balaban J connectivity index is 1.53. The SMILES string of the molecule is COc1cc(F)c(-c2ccc(C(=O)O)cc2)cc1C(=O)NC1CCCC1C(=O)Nc1cccc(S(=O)(=O)C(F)(F)F)c1. The molecule has 4 rings (SSSR count). The number of carbonyl (C=O) groups is 3. The quantitative estimate of drug-likeness (QED) is 0.305. The van der Waals surface area contributed by atoms with E-state index in [0.717, 1.165) is 18.2 Å². The van der Waals surface area contributed by atoms with Crippen molar-refractivity contribution in [2.24, 2.45) is 5.92 Å². The van der Waals surface area contributed by atoms with E-state index in [-0.39, 0.29) is 28.1 Å². The van der Waals surface area contributed by atoms with Gasteiger partial charge in [0, 0.05) is 23.4 Å². The maximum Gasteiger partial charge on any atom is 0.501 e. The number of sulfone groups is 1. The molecule has 222 valence electrons. The van der Waals surface area contributed by atoms with E-state index in [9.17, 15) is 40.4 Å². The number of nitrogens with one attached hydrogen (secondary N) is 2. The Morgan fingerprint density at radius 1 is 1.00 bits per heavy atom. The van der Waals surface area contributed by atoms with Crippen LogP contribution in [0.3, 0.4) is 0 Å². The van der Waals surface area contributed by atoms with Gasteiger partial charge in [0.25, 0.3) is 15.7 Å². The summed E-state index contributed by atoms with van der Waals surface area (Å²) in [6, 6.07) is 10.7. The maximum atomic E-state index is 14.9. The molecule has 42 heavy (non-hydrogen) atoms. The average Bonchev–Trinajstić information content (AvgIpc) is 3.40. The third kappa shape index (κ3) is 6.22. The van der Waals surface area contributed by atoms with Crippen molar-refractivity contribution in [2.45, 2.75) is 35.7 Å². The van der Waals surface area contributed by atoms with Crippen molar-refractivity contribution in [1.82, 2.24) is 5.32 Å². The number of carboxylic acid groups (broad SMARTS) is 1. The summed E-state index contributed by atoms with van der Waals surface area (Å²) < 4.78 is 82.4. The van der Waals surface area contributed by atoms with Crippen LogP contribution in [-0.2, 0) is 14.6 Å². The lowest BCUT2D eigenvalue weighted by atomic mass is 9.98. The van der Waals surface area contributed by atoms with Gasteiger partial charge >= 0.3 is 11.5 Å². The molecule has 2 unspecified atom stereocenters. The maximum absolute atomic E-state index is 14.9. The number of rotatable bonds is 8. The molecule has 2 atom stereocenters. The fourth-order valence-electron chi connectivity index (χ4n) is 4.72. The minimum atomic E-state index is -5.62. The molecule has 3 aromatic rings. The van der Waals surface area contributed by atoms with Gasteiger partial charge in [0.15, 0.2) is 0 Å². The molecule has 0 radical (unpaired) electrons. The summed E-state index contributed by atoms with van der Waals surface area (Å²) in [5, 5.41) is 14.3. The van der Waals surface area contributed by atoms with E-state index >= 15 is 0 Å². The Labute approximate surface area is 237 Å². The largest absolute Gasteiger partial charge is 0.501 e. The minimum Gasteiger partial charge on any atom is -0.496 e. The highest BCUT2D eigenvalue weighted by atomic mass is 32.2. The van der Waals surface area contributed by atoms with E-state index < -0.39 is 55.8 Å². The Morgan fingerprint density at radius 3 is 2.31 bits per heavy atom. The molecule has 0 heterocycles. The van der Waals surface area contributed by atoms with Crippen LogP contribution in [0.5, 0.6) is 5.75 Å². The number of amides is 2. The predicted octanol–water partition coefficient (Wildman–Crippen LogP) is 5.03. The molecule has 0 spiro atoms. The highest BCUT2D eigenvalue weighted by Gasteiger charge is 2.47. The zero-order valence-corrected chi connectivity index (χ0v) is 22.7. The topological polar surface area (TPSA) is 139 Å². The summed E-state index contributed by atoms with van der Waals surface area (Å²) in [4.78, 5) is 36.4. The van der Waals surface area contributed by atoms with Crippen molar-refractivity contribution >= 4 is 33.3 Å². The second-order valence-electron chi connectivity index (χ2n) is 9.50. The van der Waals surface area contributed by atoms with Crippen molar-refractivity contribution < 1.29 is 50.2 Å². The third-order valence-corrected chi connectivity index (χ3v) is 8.35. The minimum absolute atomic E-state index is 0.00675. The zero-order valence-electron chi connectivity index (χ0n) is 21.9. The molecule has 2 amide bonds. The first-order valence-corrected chi connectivity index (χ1v) is 14.0. The van der Waals surface area contributed by atoms with Crippen LogP contribution in [-0.4, -0.2) is 50.0 Å². The van der Waals surface area contributed by atoms with E-state index in [1.165, 1.54) is 43.5 Å². The number of hydrogen-bond donors (Lipinski definition) is 3. The zero-order chi connectivity index (χ0) is 30.8. The standard InChI is InChI=1S/C28H24F4N2O7S/c1-41-24-14-22(29)20(15-8-10-16(11-9-15)27(37)38)13-21(24)26(36)34-23-7-3-6-19(23)25(35)33-17-4-2-5-18(12-17)42(39,40)28(30,31)32/h2,4-5,8-14,19,23H,3,6-7H2,1H3,(H,33,35)(H,34,36)(H,37,38). The number of anilines is 1. The Hall–Kier alpha value is -4.46. The second-order valence-corrected chi connectivity index (χ2v) is 11.4. The summed E-state index contributed by atoms with van der Waals surface area (Å²) >= 11 is 0. The molecule has 0 aliphatic heterocycles. The number of methoxy groups -OCH3 is 1. The first-order valence-electron chi connectivity index (χ1n) is 12.5. The van der Waals surface area contributed by atoms with Gasteiger partial charge in [-0.2, -0.15) is 13.2 Å². The molecule has 3 aromatic carbocycles. The van der Waals surface area contributed by atoms with Crippen LogP contribution in [0.4, 0.5) is 23.2 Å². The molecule has 1 saturated carbocycles. The molecular weight excluding hydrogens is 584 g/mol. The van der Waals surface area contributed by atoms with E-state index in [4.69, 9.17) is 9.84 Å². The summed E-state index contributed by atoms with van der Waals surface area (Å²) in [7, 11) is -4.38. The van der Waals surface area contributed by atoms with Gasteiger partial charge in [-0.05, 0) is 54.8 Å². The normalized spacial score (nSPS) is 17.0. The fraction of sp³-hybridized carbons (Fsp3) is 0.250. The van der Waals surface area contributed by atoms with E-state index in [1.807, 2.05) is 0 Å². The van der Waals surface area contributed by atoms with Crippen LogP contribution in [0, 0.1) is 11.7 Å². The van der Waals surface area contributed by atoms with Crippen LogP contribution in [0.25, 0.3) is 11.1 Å². The van der Waals surface area contributed by atoms with Crippen LogP contribution >= 0.6 is 0 Å². The van der Waals surface area contributed by atoms with Crippen LogP contribution in [0.1, 0.15) is 40.0 Å². The average molecular weight is 609 g/mol. The highest BCUT2D eigenvalue weighted by Crippen LogP contribution is 2.34. The lowest BCUT2D eigenvalue weighted by Gasteiger charge is -2.22. The highest BCUT2D eigenvalue weighted by molar-refractivity contribution is 7.92.